The van der Waals surface area contributed by atoms with Gasteiger partial charge in [-0.1, -0.05) is 226 Å². The first-order chi connectivity index (χ1) is 34.0. The minimum absolute atomic E-state index is 0.0110. The van der Waals surface area contributed by atoms with Gasteiger partial charge < -0.3 is 27.9 Å². The summed E-state index contributed by atoms with van der Waals surface area (Å²) in [7, 11) is 1.10. The van der Waals surface area contributed by atoms with E-state index in [4.69, 9.17) is 18.5 Å². The van der Waals surface area contributed by atoms with Crippen molar-refractivity contribution in [2.45, 2.75) is 213 Å². The zero-order valence-electron chi connectivity index (χ0n) is 45.2. The lowest BCUT2D eigenvalue weighted by Gasteiger charge is -2.28. The van der Waals surface area contributed by atoms with Gasteiger partial charge in [0, 0.05) is 6.42 Å². The van der Waals surface area contributed by atoms with Gasteiger partial charge in [-0.25, -0.2) is 0 Å². The van der Waals surface area contributed by atoms with Crippen molar-refractivity contribution in [3.63, 3.8) is 0 Å². The number of quaternary nitrogens is 1. The molecule has 0 rings (SSSR count). The Morgan fingerprint density at radius 3 is 1.21 bits per heavy atom. The van der Waals surface area contributed by atoms with Crippen LogP contribution in [-0.4, -0.2) is 70.0 Å². The first kappa shape index (κ1) is 66.7. The van der Waals surface area contributed by atoms with Gasteiger partial charge in [-0.15, -0.1) is 0 Å². The van der Waals surface area contributed by atoms with E-state index in [-0.39, 0.29) is 26.1 Å². The van der Waals surface area contributed by atoms with Gasteiger partial charge in [-0.05, 0) is 77.0 Å². The molecule has 0 aromatic rings. The molecule has 10 heteroatoms. The Morgan fingerprint density at radius 1 is 0.457 bits per heavy atom. The van der Waals surface area contributed by atoms with Crippen LogP contribution in [0.1, 0.15) is 206 Å². The van der Waals surface area contributed by atoms with Crippen LogP contribution < -0.4 is 4.89 Å². The van der Waals surface area contributed by atoms with Crippen molar-refractivity contribution in [1.82, 2.24) is 0 Å². The zero-order chi connectivity index (χ0) is 51.3. The van der Waals surface area contributed by atoms with Crippen molar-refractivity contribution in [2.75, 3.05) is 47.5 Å². The third-order valence-electron chi connectivity index (χ3n) is 11.3. The fraction of sp³-hybridized carbons (Fsp3) is 0.667. The van der Waals surface area contributed by atoms with E-state index in [2.05, 4.69) is 105 Å². The fourth-order valence-corrected chi connectivity index (χ4v) is 7.86. The summed E-state index contributed by atoms with van der Waals surface area (Å²) in [5.41, 5.74) is 0. The Bertz CT molecular complexity index is 1550. The topological polar surface area (TPSA) is 111 Å². The summed E-state index contributed by atoms with van der Waals surface area (Å²) in [5, 5.41) is 0. The standard InChI is InChI=1S/C60H102NO8P/c1-6-8-10-12-14-16-18-20-22-23-24-25-26-27-28-29-30-31-32-33-34-35-36-37-39-40-42-44-46-48-50-52-59(62)66-56-58(57-68-70(64,65)67-55-54-61(3,4)5)69-60(63)53-51-49-47-45-43-41-38-21-19-17-15-13-11-9-7-2/h8-11,14-17,20-22,24-25,38,43,45,49,51,58H,6-7,12-13,18-19,23,26-37,39-42,44,46-48,50,52-57H2,1-5H3/b10-8-,11-9-,16-14-,17-15-,22-20-,25-24-,38-21-,45-43-,51-49-. The molecule has 9 nitrogen and oxygen atoms in total. The number of hydrogen-bond acceptors (Lipinski definition) is 8. The molecule has 0 spiro atoms. The van der Waals surface area contributed by atoms with Crippen LogP contribution in [0.15, 0.2) is 109 Å². The molecule has 2 unspecified atom stereocenters. The molecular weight excluding hydrogens is 894 g/mol. The highest BCUT2D eigenvalue weighted by atomic mass is 31.2. The molecule has 400 valence electrons. The molecule has 0 aliphatic rings. The Kier molecular flexibility index (Phi) is 48.2. The number of esters is 2. The van der Waals surface area contributed by atoms with E-state index >= 15 is 0 Å². The molecule has 0 saturated heterocycles. The number of phosphoric acid groups is 1. The molecule has 0 fully saturated rings. The third-order valence-corrected chi connectivity index (χ3v) is 12.3. The second kappa shape index (κ2) is 50.6. The molecule has 70 heavy (non-hydrogen) atoms. The molecule has 0 N–H and O–H groups in total. The average molecular weight is 996 g/mol. The van der Waals surface area contributed by atoms with Crippen molar-refractivity contribution in [3.8, 4) is 0 Å². The van der Waals surface area contributed by atoms with E-state index in [1.165, 1.54) is 103 Å². The molecule has 0 aliphatic carbocycles. The predicted molar refractivity (Wildman–Crippen MR) is 295 cm³/mol. The number of hydrogen-bond donors (Lipinski definition) is 0. The van der Waals surface area contributed by atoms with Crippen molar-refractivity contribution in [1.29, 1.82) is 0 Å². The van der Waals surface area contributed by atoms with E-state index in [1.54, 1.807) is 6.08 Å². The number of allylic oxidation sites excluding steroid dienone is 17. The number of phosphoric ester groups is 1. The third kappa shape index (κ3) is 54.0. The summed E-state index contributed by atoms with van der Waals surface area (Å²) in [6.45, 7) is 3.89. The van der Waals surface area contributed by atoms with E-state index in [1.807, 2.05) is 33.3 Å². The largest absolute Gasteiger partial charge is 0.756 e. The zero-order valence-corrected chi connectivity index (χ0v) is 46.1. The highest BCUT2D eigenvalue weighted by Gasteiger charge is 2.21. The minimum atomic E-state index is -4.66. The molecule has 0 heterocycles. The summed E-state index contributed by atoms with van der Waals surface area (Å²) in [6, 6.07) is 0. The van der Waals surface area contributed by atoms with Crippen LogP contribution in [-0.2, 0) is 32.7 Å². The molecule has 0 aromatic heterocycles. The van der Waals surface area contributed by atoms with Gasteiger partial charge in [0.2, 0.25) is 0 Å². The van der Waals surface area contributed by atoms with Crippen LogP contribution in [0.25, 0.3) is 0 Å². The quantitative estimate of drug-likeness (QED) is 0.0195. The average Bonchev–Trinajstić information content (AvgIpc) is 3.32. The highest BCUT2D eigenvalue weighted by molar-refractivity contribution is 7.45. The van der Waals surface area contributed by atoms with Crippen molar-refractivity contribution in [3.05, 3.63) is 109 Å². The summed E-state index contributed by atoms with van der Waals surface area (Å²) < 4.78 is 33.9. The number of carbonyl (C=O) groups excluding carboxylic acids is 2. The highest BCUT2D eigenvalue weighted by Crippen LogP contribution is 2.38. The summed E-state index contributed by atoms with van der Waals surface area (Å²) in [4.78, 5) is 37.7. The van der Waals surface area contributed by atoms with Crippen molar-refractivity contribution in [2.24, 2.45) is 0 Å². The predicted octanol–water partition coefficient (Wildman–Crippen LogP) is 16.4. The van der Waals surface area contributed by atoms with E-state index in [9.17, 15) is 19.0 Å². The number of ether oxygens (including phenoxy) is 2. The number of carbonyl (C=O) groups is 2. The van der Waals surface area contributed by atoms with E-state index in [0.29, 0.717) is 23.9 Å². The number of unbranched alkanes of at least 4 members (excludes halogenated alkanes) is 18. The maximum absolute atomic E-state index is 12.7. The number of rotatable bonds is 49. The van der Waals surface area contributed by atoms with Crippen LogP contribution in [0, 0.1) is 0 Å². The first-order valence-electron chi connectivity index (χ1n) is 27.6. The van der Waals surface area contributed by atoms with Crippen molar-refractivity contribution >= 4 is 19.8 Å². The molecule has 2 atom stereocenters. The van der Waals surface area contributed by atoms with Crippen LogP contribution >= 0.6 is 7.82 Å². The second-order valence-corrected chi connectivity index (χ2v) is 20.6. The summed E-state index contributed by atoms with van der Waals surface area (Å²) >= 11 is 0. The smallest absolute Gasteiger partial charge is 0.310 e. The van der Waals surface area contributed by atoms with Gasteiger partial charge >= 0.3 is 11.9 Å². The minimum Gasteiger partial charge on any atom is -0.756 e. The lowest BCUT2D eigenvalue weighted by atomic mass is 10.0. The number of likely N-dealkylation sites (N-methyl/N-ethyl adjacent to an activating group) is 1. The molecule has 0 saturated carbocycles. The SMILES string of the molecule is CC/C=C\C/C=C\C/C=C\C/C=C\C/C=C\CC(=O)OC(COC(=O)CCCCCCCCCCCCCCCCCCCC/C=C\C/C=C\C/C=C\C/C=C\CC)COP(=O)([O-])OCC[N+](C)(C)C. The molecular formula is C60H102NO8P. The maximum atomic E-state index is 12.7. The lowest BCUT2D eigenvalue weighted by Crippen LogP contribution is -2.37. The van der Waals surface area contributed by atoms with Gasteiger partial charge in [0.15, 0.2) is 6.10 Å². The summed E-state index contributed by atoms with van der Waals surface area (Å²) in [6.07, 6.45) is 70.4. The fourth-order valence-electron chi connectivity index (χ4n) is 7.13. The molecule has 0 amide bonds. The number of nitrogens with zero attached hydrogens (tertiary/aromatic N) is 1. The summed E-state index contributed by atoms with van der Waals surface area (Å²) in [5.74, 6) is -0.984. The van der Waals surface area contributed by atoms with Gasteiger partial charge in [0.05, 0.1) is 34.2 Å². The molecule has 0 bridgehead atoms. The lowest BCUT2D eigenvalue weighted by molar-refractivity contribution is -0.870. The van der Waals surface area contributed by atoms with Gasteiger partial charge in [-0.2, -0.15) is 0 Å². The van der Waals surface area contributed by atoms with Gasteiger partial charge in [0.1, 0.15) is 19.8 Å². The van der Waals surface area contributed by atoms with Crippen LogP contribution in [0.4, 0.5) is 0 Å². The van der Waals surface area contributed by atoms with Crippen LogP contribution in [0.2, 0.25) is 0 Å². The molecule has 0 radical (unpaired) electrons. The van der Waals surface area contributed by atoms with Gasteiger partial charge in [-0.3, -0.25) is 14.2 Å². The molecule has 0 aliphatic heterocycles. The van der Waals surface area contributed by atoms with E-state index in [0.717, 1.165) is 64.2 Å². The molecule has 0 aromatic carbocycles. The maximum Gasteiger partial charge on any atom is 0.310 e. The Hall–Kier alpha value is -3.33. The van der Waals surface area contributed by atoms with Crippen molar-refractivity contribution < 1.29 is 42.1 Å². The normalized spacial score (nSPS) is 14.2. The monoisotopic (exact) mass is 996 g/mol. The first-order valence-corrected chi connectivity index (χ1v) is 29.1. The Labute approximate surface area is 429 Å². The second-order valence-electron chi connectivity index (χ2n) is 19.2. The Balaban J connectivity index is 4.13. The Morgan fingerprint density at radius 2 is 0.814 bits per heavy atom. The van der Waals surface area contributed by atoms with Crippen LogP contribution in [0.5, 0.6) is 0 Å². The van der Waals surface area contributed by atoms with Crippen LogP contribution in [0.3, 0.4) is 0 Å². The van der Waals surface area contributed by atoms with E-state index < -0.39 is 32.5 Å². The van der Waals surface area contributed by atoms with Gasteiger partial charge in [0.25, 0.3) is 7.82 Å².